The van der Waals surface area contributed by atoms with Crippen LogP contribution < -0.4 is 20.1 Å². The second-order valence-corrected chi connectivity index (χ2v) is 8.64. The van der Waals surface area contributed by atoms with Crippen molar-refractivity contribution in [2.24, 2.45) is 5.92 Å². The fraction of sp³-hybridized carbons (Fsp3) is 0.462. The van der Waals surface area contributed by atoms with E-state index < -0.39 is 24.1 Å². The van der Waals surface area contributed by atoms with Crippen LogP contribution in [0.2, 0.25) is 0 Å². The molecule has 0 radical (unpaired) electrons. The number of alkyl carbamates (subject to hydrolysis) is 1. The Hall–Kier alpha value is -3.33. The first-order chi connectivity index (χ1) is 16.6. The van der Waals surface area contributed by atoms with Crippen molar-refractivity contribution in [3.8, 4) is 11.5 Å². The summed E-state index contributed by atoms with van der Waals surface area (Å²) in [5.41, 5.74) is 1.38. The minimum atomic E-state index is -0.827. The van der Waals surface area contributed by atoms with Crippen molar-refractivity contribution in [3.05, 3.63) is 59.4 Å². The fourth-order valence-corrected chi connectivity index (χ4v) is 3.38. The molecule has 0 bridgehead atoms. The molecule has 2 aromatic carbocycles. The van der Waals surface area contributed by atoms with Crippen LogP contribution in [0.15, 0.2) is 42.5 Å². The Bertz CT molecular complexity index is 982. The second kappa shape index (κ2) is 13.5. The highest BCUT2D eigenvalue weighted by Gasteiger charge is 2.28. The Morgan fingerprint density at radius 3 is 2.26 bits per heavy atom. The topological polar surface area (TPSA) is 95.1 Å². The number of rotatable bonds is 12. The van der Waals surface area contributed by atoms with Crippen LogP contribution in [0.25, 0.3) is 0 Å². The highest BCUT2D eigenvalue weighted by molar-refractivity contribution is 5.86. The van der Waals surface area contributed by atoms with E-state index in [2.05, 4.69) is 10.6 Å². The summed E-state index contributed by atoms with van der Waals surface area (Å²) in [5.74, 6) is 0.0902. The Morgan fingerprint density at radius 2 is 1.66 bits per heavy atom. The van der Waals surface area contributed by atoms with Crippen LogP contribution in [0, 0.1) is 11.7 Å². The van der Waals surface area contributed by atoms with Crippen LogP contribution in [0.4, 0.5) is 9.18 Å². The van der Waals surface area contributed by atoms with E-state index in [1.807, 2.05) is 13.8 Å². The third-order valence-electron chi connectivity index (χ3n) is 5.13. The van der Waals surface area contributed by atoms with Crippen LogP contribution in [0.1, 0.15) is 44.9 Å². The molecular formula is C26H35FN2O6. The van der Waals surface area contributed by atoms with Gasteiger partial charge in [0.05, 0.1) is 39.6 Å². The van der Waals surface area contributed by atoms with Crippen molar-refractivity contribution in [3.63, 3.8) is 0 Å². The first-order valence-electron chi connectivity index (χ1n) is 11.5. The van der Waals surface area contributed by atoms with Gasteiger partial charge in [0.15, 0.2) is 11.5 Å². The second-order valence-electron chi connectivity index (χ2n) is 8.64. The molecule has 0 spiro atoms. The van der Waals surface area contributed by atoms with Crippen molar-refractivity contribution in [1.82, 2.24) is 10.6 Å². The number of nitrogens with one attached hydrogen (secondary N) is 2. The van der Waals surface area contributed by atoms with Gasteiger partial charge in [0.1, 0.15) is 11.9 Å². The van der Waals surface area contributed by atoms with E-state index in [0.717, 1.165) is 0 Å². The van der Waals surface area contributed by atoms with Gasteiger partial charge in [-0.3, -0.25) is 4.79 Å². The highest BCUT2D eigenvalue weighted by Crippen LogP contribution is 2.30. The summed E-state index contributed by atoms with van der Waals surface area (Å²) < 4.78 is 35.2. The smallest absolute Gasteiger partial charge is 0.408 e. The summed E-state index contributed by atoms with van der Waals surface area (Å²) in [7, 11) is 3.06. The molecule has 2 rings (SSSR count). The Kier molecular flexibility index (Phi) is 10.8. The molecule has 0 saturated heterocycles. The lowest BCUT2D eigenvalue weighted by Crippen LogP contribution is -2.51. The van der Waals surface area contributed by atoms with Gasteiger partial charge < -0.3 is 29.6 Å². The van der Waals surface area contributed by atoms with Gasteiger partial charge in [0, 0.05) is 0 Å². The first-order valence-corrected chi connectivity index (χ1v) is 11.5. The molecule has 35 heavy (non-hydrogen) atoms. The van der Waals surface area contributed by atoms with Crippen molar-refractivity contribution < 1.29 is 32.9 Å². The highest BCUT2D eigenvalue weighted by atomic mass is 19.1. The monoisotopic (exact) mass is 490 g/mol. The molecule has 8 nitrogen and oxygen atoms in total. The number of methoxy groups -OCH3 is 2. The quantitative estimate of drug-likeness (QED) is 0.459. The van der Waals surface area contributed by atoms with Crippen LogP contribution in [0.3, 0.4) is 0 Å². The third-order valence-corrected chi connectivity index (χ3v) is 5.13. The number of hydrogen-bond acceptors (Lipinski definition) is 6. The van der Waals surface area contributed by atoms with Gasteiger partial charge in [-0.05, 0) is 55.2 Å². The third kappa shape index (κ3) is 8.75. The van der Waals surface area contributed by atoms with Gasteiger partial charge in [0.25, 0.3) is 0 Å². The summed E-state index contributed by atoms with van der Waals surface area (Å²) in [4.78, 5) is 25.3. The molecule has 0 aliphatic rings. The largest absolute Gasteiger partial charge is 0.493 e. The number of carbonyl (C=O) groups is 2. The van der Waals surface area contributed by atoms with Gasteiger partial charge in [-0.15, -0.1) is 0 Å². The number of halogens is 1. The Balaban J connectivity index is 2.22. The molecule has 0 aromatic heterocycles. The summed E-state index contributed by atoms with van der Waals surface area (Å²) in [5, 5.41) is 5.59. The fourth-order valence-electron chi connectivity index (χ4n) is 3.38. The van der Waals surface area contributed by atoms with Gasteiger partial charge in [0.2, 0.25) is 5.91 Å². The van der Waals surface area contributed by atoms with E-state index in [-0.39, 0.29) is 31.1 Å². The molecule has 0 aliphatic carbocycles. The number of ether oxygens (including phenoxy) is 4. The van der Waals surface area contributed by atoms with E-state index >= 15 is 0 Å². The zero-order chi connectivity index (χ0) is 26.0. The van der Waals surface area contributed by atoms with E-state index in [0.29, 0.717) is 22.6 Å². The minimum absolute atomic E-state index is 0.0962. The van der Waals surface area contributed by atoms with Gasteiger partial charge >= 0.3 is 6.09 Å². The van der Waals surface area contributed by atoms with Crippen molar-refractivity contribution in [2.45, 2.75) is 52.5 Å². The maximum absolute atomic E-state index is 13.5. The van der Waals surface area contributed by atoms with Gasteiger partial charge in [-0.2, -0.15) is 0 Å². The molecule has 2 N–H and O–H groups in total. The lowest BCUT2D eigenvalue weighted by atomic mass is 10.0. The van der Waals surface area contributed by atoms with Crippen LogP contribution >= 0.6 is 0 Å². The number of benzene rings is 2. The Morgan fingerprint density at radius 1 is 0.943 bits per heavy atom. The lowest BCUT2D eigenvalue weighted by Gasteiger charge is -2.26. The van der Waals surface area contributed by atoms with Crippen molar-refractivity contribution >= 4 is 12.0 Å². The van der Waals surface area contributed by atoms with Crippen LogP contribution in [-0.2, 0) is 20.9 Å². The molecule has 2 aromatic rings. The summed E-state index contributed by atoms with van der Waals surface area (Å²) in [6, 6.07) is 9.99. The molecule has 192 valence electrons. The SMILES string of the molecule is COc1ccc(C(COCc2cccc(F)c2)NC(=O)C(NC(=O)OC(C)C)C(C)C)cc1OC. The first kappa shape index (κ1) is 27.9. The zero-order valence-corrected chi connectivity index (χ0v) is 21.1. The number of hydrogen-bond donors (Lipinski definition) is 2. The predicted octanol–water partition coefficient (Wildman–Crippen LogP) is 4.38. The van der Waals surface area contributed by atoms with E-state index in [1.54, 1.807) is 44.2 Å². The molecule has 0 saturated carbocycles. The summed E-state index contributed by atoms with van der Waals surface area (Å²) in [6.45, 7) is 7.36. The average Bonchev–Trinajstić information content (AvgIpc) is 2.80. The van der Waals surface area contributed by atoms with Gasteiger partial charge in [-0.1, -0.05) is 32.0 Å². The maximum Gasteiger partial charge on any atom is 0.408 e. The normalized spacial score (nSPS) is 12.7. The molecule has 2 unspecified atom stereocenters. The molecular weight excluding hydrogens is 455 g/mol. The van der Waals surface area contributed by atoms with Crippen LogP contribution in [0.5, 0.6) is 11.5 Å². The van der Waals surface area contributed by atoms with E-state index in [1.165, 1.54) is 26.4 Å². The maximum atomic E-state index is 13.5. The zero-order valence-electron chi connectivity index (χ0n) is 21.1. The van der Waals surface area contributed by atoms with Crippen molar-refractivity contribution in [1.29, 1.82) is 0 Å². The van der Waals surface area contributed by atoms with E-state index in [9.17, 15) is 14.0 Å². The molecule has 2 amide bonds. The molecule has 0 heterocycles. The minimum Gasteiger partial charge on any atom is -0.493 e. The lowest BCUT2D eigenvalue weighted by molar-refractivity contribution is -0.125. The Labute approximate surface area is 206 Å². The predicted molar refractivity (Wildman–Crippen MR) is 130 cm³/mol. The number of amides is 2. The van der Waals surface area contributed by atoms with Gasteiger partial charge in [-0.25, -0.2) is 9.18 Å². The average molecular weight is 491 g/mol. The number of carbonyl (C=O) groups excluding carboxylic acids is 2. The molecule has 9 heteroatoms. The molecule has 2 atom stereocenters. The van der Waals surface area contributed by atoms with Crippen LogP contribution in [-0.4, -0.2) is 45.0 Å². The summed E-state index contributed by atoms with van der Waals surface area (Å²) in [6.07, 6.45) is -0.986. The molecule has 0 fully saturated rings. The van der Waals surface area contributed by atoms with E-state index in [4.69, 9.17) is 18.9 Å². The summed E-state index contributed by atoms with van der Waals surface area (Å²) >= 11 is 0. The standard InChI is InChI=1S/C26H35FN2O6/c1-16(2)24(29-26(31)35-17(3)4)25(30)28-21(15-34-14-18-8-7-9-20(27)12-18)19-10-11-22(32-5)23(13-19)33-6/h7-13,16-17,21,24H,14-15H2,1-6H3,(H,28,30)(H,29,31). The van der Waals surface area contributed by atoms with Crippen molar-refractivity contribution in [2.75, 3.05) is 20.8 Å². The molecule has 0 aliphatic heterocycles.